The van der Waals surface area contributed by atoms with Crippen molar-refractivity contribution in [3.05, 3.63) is 58.1 Å². The van der Waals surface area contributed by atoms with Crippen molar-refractivity contribution in [3.8, 4) is 11.8 Å². The maximum Gasteiger partial charge on any atom is 0.255 e. The van der Waals surface area contributed by atoms with E-state index >= 15 is 0 Å². The van der Waals surface area contributed by atoms with Crippen molar-refractivity contribution >= 4 is 29.1 Å². The number of anilines is 1. The number of methoxy groups -OCH3 is 1. The van der Waals surface area contributed by atoms with Crippen LogP contribution in [0, 0.1) is 17.2 Å². The van der Waals surface area contributed by atoms with Gasteiger partial charge in [-0.3, -0.25) is 14.5 Å². The summed E-state index contributed by atoms with van der Waals surface area (Å²) in [5, 5.41) is 15.1. The van der Waals surface area contributed by atoms with Crippen LogP contribution in [0.3, 0.4) is 0 Å². The molecule has 0 radical (unpaired) electrons. The maximum atomic E-state index is 12.9. The van der Waals surface area contributed by atoms with Gasteiger partial charge in [-0.15, -0.1) is 0 Å². The highest BCUT2D eigenvalue weighted by Crippen LogP contribution is 2.34. The summed E-state index contributed by atoms with van der Waals surface area (Å²) in [6, 6.07) is 12.8. The quantitative estimate of drug-likeness (QED) is 0.669. The Bertz CT molecular complexity index is 1060. The third kappa shape index (κ3) is 5.21. The van der Waals surface area contributed by atoms with Gasteiger partial charge in [-0.2, -0.15) is 5.26 Å². The van der Waals surface area contributed by atoms with Gasteiger partial charge in [0.25, 0.3) is 5.91 Å². The van der Waals surface area contributed by atoms with Crippen molar-refractivity contribution in [3.63, 3.8) is 0 Å². The Kier molecular flexibility index (Phi) is 6.63. The number of carbonyl (C=O) groups excluding carboxylic acids is 2. The summed E-state index contributed by atoms with van der Waals surface area (Å²) in [6.45, 7) is 2.37. The van der Waals surface area contributed by atoms with E-state index in [0.717, 1.165) is 44.5 Å². The van der Waals surface area contributed by atoms with Crippen molar-refractivity contribution in [1.29, 1.82) is 5.26 Å². The van der Waals surface area contributed by atoms with Crippen LogP contribution in [0.5, 0.6) is 5.75 Å². The number of nitrogens with one attached hydrogen (secondary N) is 2. The van der Waals surface area contributed by atoms with E-state index in [4.69, 9.17) is 21.6 Å². The first kappa shape index (κ1) is 22.1. The minimum atomic E-state index is -0.256. The Balaban J connectivity index is 1.37. The monoisotopic (exact) mass is 452 g/mol. The first-order valence-electron chi connectivity index (χ1n) is 10.7. The molecule has 0 bridgehead atoms. The molecular weight excluding hydrogens is 428 g/mol. The van der Waals surface area contributed by atoms with Crippen molar-refractivity contribution < 1.29 is 14.3 Å². The van der Waals surface area contributed by atoms with E-state index in [0.29, 0.717) is 27.6 Å². The maximum absolute atomic E-state index is 12.9. The standard InChI is InChI=1S/C24H25ClN4O3/c1-32-22-11-21(28-23(30)17-6-7-17)20(25)10-19(22)24(31)27-18-8-9-29(14-18)13-16-4-2-15(12-26)3-5-16/h2-5,10-11,17-18H,6-9,13-14H2,1H3,(H,27,31)(H,28,30)/t18-/m0/s1. The lowest BCUT2D eigenvalue weighted by Crippen LogP contribution is -2.37. The summed E-state index contributed by atoms with van der Waals surface area (Å²) >= 11 is 6.34. The zero-order valence-electron chi connectivity index (χ0n) is 17.9. The number of nitriles is 1. The highest BCUT2D eigenvalue weighted by atomic mass is 35.5. The third-order valence-corrected chi connectivity index (χ3v) is 6.15. The van der Waals surface area contributed by atoms with Crippen LogP contribution in [0.4, 0.5) is 5.69 Å². The molecule has 1 atom stereocenters. The van der Waals surface area contributed by atoms with Gasteiger partial charge < -0.3 is 15.4 Å². The molecule has 1 aliphatic carbocycles. The fourth-order valence-corrected chi connectivity index (χ4v) is 4.09. The zero-order chi connectivity index (χ0) is 22.7. The lowest BCUT2D eigenvalue weighted by Gasteiger charge is -2.18. The smallest absolute Gasteiger partial charge is 0.255 e. The van der Waals surface area contributed by atoms with E-state index in [2.05, 4.69) is 21.6 Å². The molecule has 1 aliphatic heterocycles. The molecule has 1 saturated heterocycles. The molecule has 8 heteroatoms. The normalized spacial score (nSPS) is 18.1. The Morgan fingerprint density at radius 1 is 1.22 bits per heavy atom. The van der Waals surface area contributed by atoms with Gasteiger partial charge in [0.2, 0.25) is 5.91 Å². The van der Waals surface area contributed by atoms with Gasteiger partial charge in [0.05, 0.1) is 35.0 Å². The molecule has 1 heterocycles. The highest BCUT2D eigenvalue weighted by Gasteiger charge is 2.30. The third-order valence-electron chi connectivity index (χ3n) is 5.84. The molecule has 0 aromatic heterocycles. The molecule has 4 rings (SSSR count). The highest BCUT2D eigenvalue weighted by molar-refractivity contribution is 6.34. The van der Waals surface area contributed by atoms with E-state index in [9.17, 15) is 9.59 Å². The molecule has 2 aromatic rings. The molecule has 2 fully saturated rings. The van der Waals surface area contributed by atoms with Gasteiger partial charge >= 0.3 is 0 Å². The number of carbonyl (C=O) groups is 2. The number of likely N-dealkylation sites (tertiary alicyclic amines) is 1. The van der Waals surface area contributed by atoms with Crippen LogP contribution in [0.15, 0.2) is 36.4 Å². The molecule has 2 N–H and O–H groups in total. The van der Waals surface area contributed by atoms with Crippen LogP contribution in [-0.4, -0.2) is 43.0 Å². The summed E-state index contributed by atoms with van der Waals surface area (Å²) < 4.78 is 5.40. The SMILES string of the molecule is COc1cc(NC(=O)C2CC2)c(Cl)cc1C(=O)N[C@H]1CCN(Cc2ccc(C#N)cc2)C1. The predicted octanol–water partition coefficient (Wildman–Crippen LogP) is 3.57. The van der Waals surface area contributed by atoms with Crippen LogP contribution in [-0.2, 0) is 11.3 Å². The Hall–Kier alpha value is -3.08. The van der Waals surface area contributed by atoms with E-state index in [-0.39, 0.29) is 23.8 Å². The number of ether oxygens (including phenoxy) is 1. The Morgan fingerprint density at radius 3 is 2.62 bits per heavy atom. The largest absolute Gasteiger partial charge is 0.496 e. The van der Waals surface area contributed by atoms with Crippen molar-refractivity contribution in [1.82, 2.24) is 10.2 Å². The summed E-state index contributed by atoms with van der Waals surface area (Å²) in [4.78, 5) is 27.3. The van der Waals surface area contributed by atoms with Crippen LogP contribution in [0.25, 0.3) is 0 Å². The minimum Gasteiger partial charge on any atom is -0.496 e. The molecule has 1 saturated carbocycles. The van der Waals surface area contributed by atoms with Gasteiger partial charge in [-0.1, -0.05) is 23.7 Å². The number of hydrogen-bond acceptors (Lipinski definition) is 5. The zero-order valence-corrected chi connectivity index (χ0v) is 18.6. The number of halogens is 1. The molecule has 166 valence electrons. The molecular formula is C24H25ClN4O3. The first-order chi connectivity index (χ1) is 15.5. The number of hydrogen-bond donors (Lipinski definition) is 2. The van der Waals surface area contributed by atoms with Crippen molar-refractivity contribution in [2.24, 2.45) is 5.92 Å². The van der Waals surface area contributed by atoms with E-state index in [1.165, 1.54) is 7.11 Å². The molecule has 2 amide bonds. The second kappa shape index (κ2) is 9.60. The molecule has 2 aliphatic rings. The molecule has 0 spiro atoms. The molecule has 0 unspecified atom stereocenters. The van der Waals surface area contributed by atoms with E-state index < -0.39 is 0 Å². The van der Waals surface area contributed by atoms with Crippen molar-refractivity contribution in [2.75, 3.05) is 25.5 Å². The fraction of sp³-hybridized carbons (Fsp3) is 0.375. The van der Waals surface area contributed by atoms with Crippen molar-refractivity contribution in [2.45, 2.75) is 31.8 Å². The topological polar surface area (TPSA) is 94.5 Å². The number of benzene rings is 2. The summed E-state index contributed by atoms with van der Waals surface area (Å²) in [5.74, 6) is 0.105. The Morgan fingerprint density at radius 2 is 1.97 bits per heavy atom. The predicted molar refractivity (Wildman–Crippen MR) is 122 cm³/mol. The van der Waals surface area contributed by atoms with Gasteiger partial charge in [0.1, 0.15) is 5.75 Å². The number of rotatable bonds is 7. The fourth-order valence-electron chi connectivity index (χ4n) is 3.88. The lowest BCUT2D eigenvalue weighted by atomic mass is 10.1. The van der Waals surface area contributed by atoms with Crippen LogP contribution < -0.4 is 15.4 Å². The van der Waals surface area contributed by atoms with Crippen LogP contribution in [0.2, 0.25) is 5.02 Å². The molecule has 7 nitrogen and oxygen atoms in total. The molecule has 32 heavy (non-hydrogen) atoms. The second-order valence-electron chi connectivity index (χ2n) is 8.30. The van der Waals surface area contributed by atoms with Gasteiger partial charge in [-0.25, -0.2) is 0 Å². The van der Waals surface area contributed by atoms with Gasteiger partial charge in [0, 0.05) is 37.7 Å². The van der Waals surface area contributed by atoms with Crippen LogP contribution >= 0.6 is 11.6 Å². The van der Waals surface area contributed by atoms with Gasteiger partial charge in [-0.05, 0) is 43.0 Å². The first-order valence-corrected chi connectivity index (χ1v) is 11.0. The Labute approximate surface area is 192 Å². The second-order valence-corrected chi connectivity index (χ2v) is 8.71. The number of amides is 2. The average Bonchev–Trinajstić information content (AvgIpc) is 3.56. The van der Waals surface area contributed by atoms with E-state index in [1.807, 2.05) is 24.3 Å². The van der Waals surface area contributed by atoms with Gasteiger partial charge in [0.15, 0.2) is 0 Å². The molecule has 2 aromatic carbocycles. The van der Waals surface area contributed by atoms with Crippen LogP contribution in [0.1, 0.15) is 40.7 Å². The van der Waals surface area contributed by atoms with E-state index in [1.54, 1.807) is 12.1 Å². The summed E-state index contributed by atoms with van der Waals surface area (Å²) in [5.41, 5.74) is 2.57. The minimum absolute atomic E-state index is 0.0126. The summed E-state index contributed by atoms with van der Waals surface area (Å²) in [6.07, 6.45) is 2.63. The summed E-state index contributed by atoms with van der Waals surface area (Å²) in [7, 11) is 1.49. The average molecular weight is 453 g/mol. The number of nitrogens with zero attached hydrogens (tertiary/aromatic N) is 2. The lowest BCUT2D eigenvalue weighted by molar-refractivity contribution is -0.117.